The maximum absolute atomic E-state index is 4.43. The van der Waals surface area contributed by atoms with Gasteiger partial charge in [-0.15, -0.1) is 11.3 Å². The van der Waals surface area contributed by atoms with Crippen molar-refractivity contribution < 1.29 is 0 Å². The number of aryl methyl sites for hydroxylation is 1. The van der Waals surface area contributed by atoms with Crippen molar-refractivity contribution in [2.45, 2.75) is 26.3 Å². The van der Waals surface area contributed by atoms with Crippen LogP contribution >= 0.6 is 11.3 Å². The first-order valence-corrected chi connectivity index (χ1v) is 7.66. The van der Waals surface area contributed by atoms with Crippen LogP contribution in [0.4, 0.5) is 0 Å². The molecule has 0 amide bonds. The number of aromatic nitrogens is 1. The van der Waals surface area contributed by atoms with E-state index in [1.54, 1.807) is 11.3 Å². The SMILES string of the molecule is Cc1cnc(C(C)NCCN2CCCNCC2)s1. The van der Waals surface area contributed by atoms with Gasteiger partial charge in [0.05, 0.1) is 6.04 Å². The number of hydrogen-bond donors (Lipinski definition) is 2. The third-order valence-corrected chi connectivity index (χ3v) is 4.42. The van der Waals surface area contributed by atoms with Gasteiger partial charge in [0.15, 0.2) is 0 Å². The molecule has 4 nitrogen and oxygen atoms in total. The molecule has 2 N–H and O–H groups in total. The number of rotatable bonds is 5. The Morgan fingerprint density at radius 3 is 3.17 bits per heavy atom. The van der Waals surface area contributed by atoms with Gasteiger partial charge in [0.1, 0.15) is 5.01 Å². The third-order valence-electron chi connectivity index (χ3n) is 3.32. The zero-order valence-corrected chi connectivity index (χ0v) is 12.2. The van der Waals surface area contributed by atoms with Gasteiger partial charge in [-0.3, -0.25) is 0 Å². The maximum atomic E-state index is 4.43. The van der Waals surface area contributed by atoms with Gasteiger partial charge in [0.2, 0.25) is 0 Å². The van der Waals surface area contributed by atoms with Crippen LogP contribution in [0.5, 0.6) is 0 Å². The fraction of sp³-hybridized carbons (Fsp3) is 0.769. The van der Waals surface area contributed by atoms with Crippen molar-refractivity contribution in [3.8, 4) is 0 Å². The monoisotopic (exact) mass is 268 g/mol. The highest BCUT2D eigenvalue weighted by atomic mass is 32.1. The summed E-state index contributed by atoms with van der Waals surface area (Å²) in [4.78, 5) is 8.25. The summed E-state index contributed by atoms with van der Waals surface area (Å²) in [6.45, 7) is 11.2. The number of thiazole rings is 1. The molecule has 5 heteroatoms. The van der Waals surface area contributed by atoms with Gasteiger partial charge in [0, 0.05) is 37.3 Å². The minimum absolute atomic E-state index is 0.369. The van der Waals surface area contributed by atoms with E-state index in [0.717, 1.165) is 19.6 Å². The van der Waals surface area contributed by atoms with Crippen molar-refractivity contribution in [2.24, 2.45) is 0 Å². The van der Waals surface area contributed by atoms with Gasteiger partial charge < -0.3 is 15.5 Å². The average Bonchev–Trinajstić information content (AvgIpc) is 2.63. The fourth-order valence-electron chi connectivity index (χ4n) is 2.22. The van der Waals surface area contributed by atoms with E-state index in [1.807, 2.05) is 6.20 Å². The summed E-state index contributed by atoms with van der Waals surface area (Å²) in [6, 6.07) is 0.369. The summed E-state index contributed by atoms with van der Waals surface area (Å²) in [6.07, 6.45) is 3.22. The van der Waals surface area contributed by atoms with Crippen LogP contribution in [0.1, 0.15) is 29.3 Å². The lowest BCUT2D eigenvalue weighted by Gasteiger charge is -2.20. The molecule has 0 saturated carbocycles. The van der Waals surface area contributed by atoms with Gasteiger partial charge >= 0.3 is 0 Å². The van der Waals surface area contributed by atoms with Crippen LogP contribution in [0, 0.1) is 6.92 Å². The second-order valence-corrected chi connectivity index (χ2v) is 6.20. The molecule has 2 rings (SSSR count). The molecule has 1 atom stereocenters. The van der Waals surface area contributed by atoms with Crippen molar-refractivity contribution in [1.82, 2.24) is 20.5 Å². The standard InChI is InChI=1S/C13H24N4S/c1-11-10-16-13(18-11)12(2)15-6-9-17-7-3-4-14-5-8-17/h10,12,14-15H,3-9H2,1-2H3. The number of hydrogen-bond acceptors (Lipinski definition) is 5. The molecule has 2 heterocycles. The Kier molecular flexibility index (Phi) is 5.56. The van der Waals surface area contributed by atoms with E-state index in [1.165, 1.54) is 35.9 Å². The molecule has 102 valence electrons. The highest BCUT2D eigenvalue weighted by molar-refractivity contribution is 7.11. The number of nitrogens with one attached hydrogen (secondary N) is 2. The third kappa shape index (κ3) is 4.31. The molecule has 0 spiro atoms. The van der Waals surface area contributed by atoms with Crippen LogP contribution in [-0.2, 0) is 0 Å². The molecule has 0 bridgehead atoms. The van der Waals surface area contributed by atoms with Gasteiger partial charge in [-0.05, 0) is 33.4 Å². The molecule has 1 saturated heterocycles. The molecule has 1 fully saturated rings. The van der Waals surface area contributed by atoms with Crippen LogP contribution in [0.15, 0.2) is 6.20 Å². The molecule has 1 aliphatic rings. The topological polar surface area (TPSA) is 40.2 Å². The molecule has 0 radical (unpaired) electrons. The summed E-state index contributed by atoms with van der Waals surface area (Å²) in [5.41, 5.74) is 0. The molecular weight excluding hydrogens is 244 g/mol. The van der Waals surface area contributed by atoms with Crippen LogP contribution in [0.25, 0.3) is 0 Å². The van der Waals surface area contributed by atoms with E-state index >= 15 is 0 Å². The van der Waals surface area contributed by atoms with Crippen molar-refractivity contribution in [3.05, 3.63) is 16.1 Å². The summed E-state index contributed by atoms with van der Waals surface area (Å²) in [5, 5.41) is 8.20. The zero-order chi connectivity index (χ0) is 12.8. The Bertz CT molecular complexity index is 345. The second kappa shape index (κ2) is 7.19. The van der Waals surface area contributed by atoms with Gasteiger partial charge in [-0.2, -0.15) is 0 Å². The van der Waals surface area contributed by atoms with E-state index < -0.39 is 0 Å². The van der Waals surface area contributed by atoms with E-state index in [0.29, 0.717) is 6.04 Å². The largest absolute Gasteiger partial charge is 0.315 e. The van der Waals surface area contributed by atoms with E-state index in [2.05, 4.69) is 34.4 Å². The van der Waals surface area contributed by atoms with Crippen molar-refractivity contribution in [2.75, 3.05) is 39.3 Å². The molecule has 0 aliphatic carbocycles. The lowest BCUT2D eigenvalue weighted by Crippen LogP contribution is -2.35. The highest BCUT2D eigenvalue weighted by Gasteiger charge is 2.11. The Labute approximate surface area is 114 Å². The van der Waals surface area contributed by atoms with Crippen LogP contribution in [0.3, 0.4) is 0 Å². The minimum Gasteiger partial charge on any atom is -0.315 e. The van der Waals surface area contributed by atoms with Crippen LogP contribution in [-0.4, -0.2) is 49.2 Å². The normalized spacial score (nSPS) is 19.7. The predicted octanol–water partition coefficient (Wildman–Crippen LogP) is 1.40. The van der Waals surface area contributed by atoms with Crippen molar-refractivity contribution in [1.29, 1.82) is 0 Å². The van der Waals surface area contributed by atoms with Gasteiger partial charge in [-0.1, -0.05) is 0 Å². The van der Waals surface area contributed by atoms with E-state index in [4.69, 9.17) is 0 Å². The van der Waals surface area contributed by atoms with Crippen molar-refractivity contribution >= 4 is 11.3 Å². The molecule has 0 aromatic carbocycles. The van der Waals surface area contributed by atoms with Crippen molar-refractivity contribution in [3.63, 3.8) is 0 Å². The maximum Gasteiger partial charge on any atom is 0.109 e. The van der Waals surface area contributed by atoms with E-state index in [-0.39, 0.29) is 0 Å². The molecule has 1 aromatic rings. The molecule has 18 heavy (non-hydrogen) atoms. The highest BCUT2D eigenvalue weighted by Crippen LogP contribution is 2.18. The van der Waals surface area contributed by atoms with Crippen LogP contribution in [0.2, 0.25) is 0 Å². The predicted molar refractivity (Wildman–Crippen MR) is 77.2 cm³/mol. The Balaban J connectivity index is 1.68. The van der Waals surface area contributed by atoms with Crippen LogP contribution < -0.4 is 10.6 Å². The Morgan fingerprint density at radius 2 is 2.39 bits per heavy atom. The van der Waals surface area contributed by atoms with Gasteiger partial charge in [-0.25, -0.2) is 4.98 Å². The fourth-order valence-corrected chi connectivity index (χ4v) is 3.02. The summed E-state index contributed by atoms with van der Waals surface area (Å²) in [5.74, 6) is 0. The summed E-state index contributed by atoms with van der Waals surface area (Å²) < 4.78 is 0. The molecule has 1 aromatic heterocycles. The molecule has 1 aliphatic heterocycles. The quantitative estimate of drug-likeness (QED) is 0.847. The Morgan fingerprint density at radius 1 is 1.50 bits per heavy atom. The first-order chi connectivity index (χ1) is 8.75. The van der Waals surface area contributed by atoms with E-state index in [9.17, 15) is 0 Å². The summed E-state index contributed by atoms with van der Waals surface area (Å²) >= 11 is 1.79. The number of nitrogens with zero attached hydrogens (tertiary/aromatic N) is 2. The lowest BCUT2D eigenvalue weighted by atomic mass is 10.3. The van der Waals surface area contributed by atoms with Gasteiger partial charge in [0.25, 0.3) is 0 Å². The first kappa shape index (κ1) is 13.9. The molecular formula is C13H24N4S. The molecule has 1 unspecified atom stereocenters. The smallest absolute Gasteiger partial charge is 0.109 e. The summed E-state index contributed by atoms with van der Waals surface area (Å²) in [7, 11) is 0. The zero-order valence-electron chi connectivity index (χ0n) is 11.4. The lowest BCUT2D eigenvalue weighted by molar-refractivity contribution is 0.287. The average molecular weight is 268 g/mol. The first-order valence-electron chi connectivity index (χ1n) is 6.84. The minimum atomic E-state index is 0.369. The Hall–Kier alpha value is -0.490. The second-order valence-electron chi connectivity index (χ2n) is 4.93.